The predicted octanol–water partition coefficient (Wildman–Crippen LogP) is 1.71. The zero-order chi connectivity index (χ0) is 13.5. The van der Waals surface area contributed by atoms with Crippen LogP contribution in [0.5, 0.6) is 11.5 Å². The molecule has 0 bridgehead atoms. The Balaban J connectivity index is 2.67. The van der Waals surface area contributed by atoms with E-state index in [9.17, 15) is 4.79 Å². The van der Waals surface area contributed by atoms with E-state index in [1.807, 2.05) is 0 Å². The minimum Gasteiger partial charge on any atom is -0.493 e. The Labute approximate surface area is 111 Å². The van der Waals surface area contributed by atoms with Crippen LogP contribution in [-0.2, 0) is 4.79 Å². The zero-order valence-electron chi connectivity index (χ0n) is 10.4. The number of ether oxygens (including phenoxy) is 2. The number of hydrogen-bond donors (Lipinski definition) is 2. The molecule has 0 fully saturated rings. The van der Waals surface area contributed by atoms with E-state index >= 15 is 0 Å². The Bertz CT molecular complexity index is 449. The van der Waals surface area contributed by atoms with Crippen molar-refractivity contribution in [2.45, 2.75) is 12.8 Å². The first-order chi connectivity index (χ1) is 8.56. The van der Waals surface area contributed by atoms with E-state index in [2.05, 4.69) is 5.32 Å². The number of anilines is 1. The second-order valence-electron chi connectivity index (χ2n) is 3.58. The summed E-state index contributed by atoms with van der Waals surface area (Å²) in [6.45, 7) is 0. The quantitative estimate of drug-likeness (QED) is 0.768. The molecule has 0 saturated carbocycles. The van der Waals surface area contributed by atoms with E-state index in [1.165, 1.54) is 7.11 Å². The number of thiocarbonyl (C=S) groups is 1. The van der Waals surface area contributed by atoms with Gasteiger partial charge < -0.3 is 20.5 Å². The lowest BCUT2D eigenvalue weighted by molar-refractivity contribution is -0.116. The monoisotopic (exact) mass is 268 g/mol. The maximum absolute atomic E-state index is 11.6. The summed E-state index contributed by atoms with van der Waals surface area (Å²) in [6.07, 6.45) is 0.665. The molecule has 0 radical (unpaired) electrons. The van der Waals surface area contributed by atoms with Gasteiger partial charge in [-0.25, -0.2) is 0 Å². The van der Waals surface area contributed by atoms with Gasteiger partial charge in [-0.1, -0.05) is 12.2 Å². The van der Waals surface area contributed by atoms with Crippen molar-refractivity contribution in [1.82, 2.24) is 0 Å². The SMILES string of the molecule is COc1ccc(NC(=O)CCC(N)=S)cc1OC. The van der Waals surface area contributed by atoms with E-state index in [-0.39, 0.29) is 12.3 Å². The van der Waals surface area contributed by atoms with Crippen LogP contribution in [0.4, 0.5) is 5.69 Å². The van der Waals surface area contributed by atoms with Gasteiger partial charge in [-0.15, -0.1) is 0 Å². The molecule has 6 heteroatoms. The third kappa shape index (κ3) is 4.21. The lowest BCUT2D eigenvalue weighted by Gasteiger charge is -2.10. The molecule has 0 aliphatic rings. The fraction of sp³-hybridized carbons (Fsp3) is 0.333. The van der Waals surface area contributed by atoms with Crippen molar-refractivity contribution in [3.63, 3.8) is 0 Å². The van der Waals surface area contributed by atoms with Crippen molar-refractivity contribution in [2.24, 2.45) is 5.73 Å². The Hall–Kier alpha value is -1.82. The van der Waals surface area contributed by atoms with Crippen molar-refractivity contribution < 1.29 is 14.3 Å². The second-order valence-corrected chi connectivity index (χ2v) is 4.11. The first kappa shape index (κ1) is 14.2. The van der Waals surface area contributed by atoms with Crippen molar-refractivity contribution in [2.75, 3.05) is 19.5 Å². The van der Waals surface area contributed by atoms with Crippen LogP contribution in [-0.4, -0.2) is 25.1 Å². The van der Waals surface area contributed by atoms with Gasteiger partial charge in [0.05, 0.1) is 19.2 Å². The molecule has 0 aliphatic heterocycles. The Kier molecular flexibility index (Phi) is 5.38. The van der Waals surface area contributed by atoms with Gasteiger partial charge in [0.25, 0.3) is 0 Å². The molecule has 1 aromatic carbocycles. The van der Waals surface area contributed by atoms with Gasteiger partial charge >= 0.3 is 0 Å². The molecule has 1 rings (SSSR count). The first-order valence-electron chi connectivity index (χ1n) is 5.37. The first-order valence-corrected chi connectivity index (χ1v) is 5.78. The molecule has 18 heavy (non-hydrogen) atoms. The van der Waals surface area contributed by atoms with Crippen LogP contribution in [0.25, 0.3) is 0 Å². The molecule has 1 amide bonds. The number of methoxy groups -OCH3 is 2. The van der Waals surface area contributed by atoms with Gasteiger partial charge in [-0.2, -0.15) is 0 Å². The van der Waals surface area contributed by atoms with Crippen molar-refractivity contribution >= 4 is 28.8 Å². The van der Waals surface area contributed by atoms with Crippen molar-refractivity contribution in [3.8, 4) is 11.5 Å². The topological polar surface area (TPSA) is 73.6 Å². The van der Waals surface area contributed by atoms with Crippen LogP contribution in [0, 0.1) is 0 Å². The maximum atomic E-state index is 11.6. The summed E-state index contributed by atoms with van der Waals surface area (Å²) in [6, 6.07) is 5.15. The van der Waals surface area contributed by atoms with Gasteiger partial charge in [0, 0.05) is 24.6 Å². The van der Waals surface area contributed by atoms with Gasteiger partial charge in [-0.05, 0) is 12.1 Å². The molecule has 0 aliphatic carbocycles. The predicted molar refractivity (Wildman–Crippen MR) is 74.2 cm³/mol. The van der Waals surface area contributed by atoms with Crippen LogP contribution in [0.1, 0.15) is 12.8 Å². The molecular weight excluding hydrogens is 252 g/mol. The number of rotatable bonds is 6. The van der Waals surface area contributed by atoms with E-state index in [4.69, 9.17) is 27.4 Å². The van der Waals surface area contributed by atoms with Crippen LogP contribution in [0.2, 0.25) is 0 Å². The number of hydrogen-bond acceptors (Lipinski definition) is 4. The molecule has 0 spiro atoms. The summed E-state index contributed by atoms with van der Waals surface area (Å²) in [4.78, 5) is 11.9. The lowest BCUT2D eigenvalue weighted by atomic mass is 10.2. The number of carbonyl (C=O) groups excluding carboxylic acids is 1. The third-order valence-electron chi connectivity index (χ3n) is 2.27. The standard InChI is InChI=1S/C12H16N2O3S/c1-16-9-4-3-8(7-10(9)17-2)14-12(15)6-5-11(13)18/h3-4,7H,5-6H2,1-2H3,(H2,13,18)(H,14,15). The molecular formula is C12H16N2O3S. The fourth-order valence-corrected chi connectivity index (χ4v) is 1.48. The number of nitrogens with one attached hydrogen (secondary N) is 1. The average Bonchev–Trinajstić information content (AvgIpc) is 2.36. The van der Waals surface area contributed by atoms with E-state index in [0.717, 1.165) is 0 Å². The Morgan fingerprint density at radius 3 is 2.50 bits per heavy atom. The van der Waals surface area contributed by atoms with Gasteiger partial charge in [0.15, 0.2) is 11.5 Å². The number of amides is 1. The largest absolute Gasteiger partial charge is 0.493 e. The van der Waals surface area contributed by atoms with Crippen LogP contribution in [0.15, 0.2) is 18.2 Å². The highest BCUT2D eigenvalue weighted by atomic mass is 32.1. The van der Waals surface area contributed by atoms with Crippen molar-refractivity contribution in [1.29, 1.82) is 0 Å². The highest BCUT2D eigenvalue weighted by molar-refractivity contribution is 7.80. The smallest absolute Gasteiger partial charge is 0.224 e. The zero-order valence-corrected chi connectivity index (χ0v) is 11.2. The summed E-state index contributed by atoms with van der Waals surface area (Å²) >= 11 is 4.71. The lowest BCUT2D eigenvalue weighted by Crippen LogP contribution is -2.16. The molecule has 98 valence electrons. The maximum Gasteiger partial charge on any atom is 0.224 e. The molecule has 0 heterocycles. The highest BCUT2D eigenvalue weighted by Crippen LogP contribution is 2.29. The molecule has 5 nitrogen and oxygen atoms in total. The molecule has 0 unspecified atom stereocenters. The molecule has 0 aromatic heterocycles. The van der Waals surface area contributed by atoms with Crippen molar-refractivity contribution in [3.05, 3.63) is 18.2 Å². The molecule has 1 aromatic rings. The van der Waals surface area contributed by atoms with E-state index in [0.29, 0.717) is 28.6 Å². The van der Waals surface area contributed by atoms with Crippen LogP contribution in [0.3, 0.4) is 0 Å². The highest BCUT2D eigenvalue weighted by Gasteiger charge is 2.07. The minimum absolute atomic E-state index is 0.144. The summed E-state index contributed by atoms with van der Waals surface area (Å²) in [5.74, 6) is 1.03. The summed E-state index contributed by atoms with van der Waals surface area (Å²) in [5, 5.41) is 2.73. The second kappa shape index (κ2) is 6.80. The number of benzene rings is 1. The summed E-state index contributed by atoms with van der Waals surface area (Å²) in [5.41, 5.74) is 5.97. The molecule has 0 saturated heterocycles. The fourth-order valence-electron chi connectivity index (χ4n) is 1.37. The van der Waals surface area contributed by atoms with Crippen LogP contribution >= 0.6 is 12.2 Å². The van der Waals surface area contributed by atoms with E-state index < -0.39 is 0 Å². The van der Waals surface area contributed by atoms with Gasteiger partial charge in [0.2, 0.25) is 5.91 Å². The minimum atomic E-state index is -0.144. The van der Waals surface area contributed by atoms with Crippen LogP contribution < -0.4 is 20.5 Å². The Morgan fingerprint density at radius 1 is 1.28 bits per heavy atom. The van der Waals surface area contributed by atoms with Gasteiger partial charge in [-0.3, -0.25) is 4.79 Å². The Morgan fingerprint density at radius 2 is 1.94 bits per heavy atom. The normalized spacial score (nSPS) is 9.67. The molecule has 0 atom stereocenters. The summed E-state index contributed by atoms with van der Waals surface area (Å²) in [7, 11) is 3.09. The molecule has 3 N–H and O–H groups in total. The average molecular weight is 268 g/mol. The third-order valence-corrected chi connectivity index (χ3v) is 2.47. The van der Waals surface area contributed by atoms with Gasteiger partial charge in [0.1, 0.15) is 0 Å². The number of carbonyl (C=O) groups is 1. The summed E-state index contributed by atoms with van der Waals surface area (Å²) < 4.78 is 10.2. The van der Waals surface area contributed by atoms with E-state index in [1.54, 1.807) is 25.3 Å². The number of nitrogens with two attached hydrogens (primary N) is 1.